The van der Waals surface area contributed by atoms with Gasteiger partial charge < -0.3 is 0 Å². The number of alkyl halides is 1. The van der Waals surface area contributed by atoms with E-state index in [2.05, 4.69) is 15.9 Å². The molecule has 1 heterocycles. The predicted octanol–water partition coefficient (Wildman–Crippen LogP) is 2.16. The number of nitro groups is 1. The van der Waals surface area contributed by atoms with Crippen molar-refractivity contribution in [1.82, 2.24) is 4.31 Å². The zero-order chi connectivity index (χ0) is 15.8. The maximum absolute atomic E-state index is 12.4. The molecule has 1 amide bonds. The van der Waals surface area contributed by atoms with E-state index in [9.17, 15) is 23.3 Å². The molecule has 2 rings (SSSR count). The van der Waals surface area contributed by atoms with Crippen LogP contribution in [-0.2, 0) is 10.0 Å². The summed E-state index contributed by atoms with van der Waals surface area (Å²) in [4.78, 5) is 22.2. The van der Waals surface area contributed by atoms with E-state index in [1.54, 1.807) is 0 Å². The minimum atomic E-state index is -3.91. The normalized spacial score (nSPS) is 17.6. The van der Waals surface area contributed by atoms with Crippen molar-refractivity contribution < 1.29 is 18.1 Å². The number of nitro benzene ring substituents is 1. The SMILES string of the molecule is CCC(CBr)CN1C(=O)c2cc([N+](=O)[O-])ccc2S1(=O)=O. The highest BCUT2D eigenvalue weighted by Crippen LogP contribution is 2.33. The van der Waals surface area contributed by atoms with Crippen molar-refractivity contribution in [3.05, 3.63) is 33.9 Å². The number of amides is 1. The van der Waals surface area contributed by atoms with Gasteiger partial charge in [-0.05, 0) is 12.0 Å². The summed E-state index contributed by atoms with van der Waals surface area (Å²) < 4.78 is 25.5. The number of carbonyl (C=O) groups excluding carboxylic acids is 1. The second-order valence-corrected chi connectivity index (χ2v) is 7.19. The van der Waals surface area contributed by atoms with Crippen LogP contribution in [0.2, 0.25) is 0 Å². The summed E-state index contributed by atoms with van der Waals surface area (Å²) in [6, 6.07) is 3.23. The third-order valence-corrected chi connectivity index (χ3v) is 6.14. The van der Waals surface area contributed by atoms with Gasteiger partial charge in [-0.3, -0.25) is 14.9 Å². The lowest BCUT2D eigenvalue weighted by Gasteiger charge is -2.20. The van der Waals surface area contributed by atoms with Crippen molar-refractivity contribution in [2.45, 2.75) is 18.2 Å². The van der Waals surface area contributed by atoms with Gasteiger partial charge in [0.2, 0.25) is 0 Å². The van der Waals surface area contributed by atoms with Crippen LogP contribution in [0.1, 0.15) is 23.7 Å². The van der Waals surface area contributed by atoms with Crippen molar-refractivity contribution >= 4 is 37.5 Å². The molecule has 1 aromatic rings. The largest absolute Gasteiger partial charge is 0.270 e. The summed E-state index contributed by atoms with van der Waals surface area (Å²) >= 11 is 3.28. The average Bonchev–Trinajstić information content (AvgIpc) is 2.64. The summed E-state index contributed by atoms with van der Waals surface area (Å²) in [5.41, 5.74) is -0.430. The monoisotopic (exact) mass is 376 g/mol. The Hall–Kier alpha value is -1.48. The van der Waals surface area contributed by atoms with Crippen molar-refractivity contribution in [3.63, 3.8) is 0 Å². The summed E-state index contributed by atoms with van der Waals surface area (Å²) in [6.07, 6.45) is 0.709. The van der Waals surface area contributed by atoms with Gasteiger partial charge in [0.1, 0.15) is 4.90 Å². The third-order valence-electron chi connectivity index (χ3n) is 3.42. The number of hydrogen-bond donors (Lipinski definition) is 0. The zero-order valence-corrected chi connectivity index (χ0v) is 13.6. The summed E-state index contributed by atoms with van der Waals surface area (Å²) in [7, 11) is -3.91. The molecule has 9 heteroatoms. The molecule has 114 valence electrons. The lowest BCUT2D eigenvalue weighted by molar-refractivity contribution is -0.384. The molecule has 0 saturated carbocycles. The first-order chi connectivity index (χ1) is 9.82. The third kappa shape index (κ3) is 2.67. The van der Waals surface area contributed by atoms with Crippen molar-refractivity contribution in [2.75, 3.05) is 11.9 Å². The number of nitrogens with zero attached hydrogens (tertiary/aromatic N) is 2. The van der Waals surface area contributed by atoms with Crippen molar-refractivity contribution in [1.29, 1.82) is 0 Å². The number of benzene rings is 1. The van der Waals surface area contributed by atoms with Gasteiger partial charge >= 0.3 is 0 Å². The average molecular weight is 377 g/mol. The molecule has 0 spiro atoms. The van der Waals surface area contributed by atoms with Crippen LogP contribution in [0.3, 0.4) is 0 Å². The molecule has 1 unspecified atom stereocenters. The smallest absolute Gasteiger partial charge is 0.268 e. The molecule has 1 aromatic carbocycles. The fraction of sp³-hybridized carbons (Fsp3) is 0.417. The van der Waals surface area contributed by atoms with Gasteiger partial charge in [0.05, 0.1) is 10.5 Å². The van der Waals surface area contributed by atoms with E-state index in [1.165, 1.54) is 0 Å². The van der Waals surface area contributed by atoms with Crippen LogP contribution in [0, 0.1) is 16.0 Å². The maximum Gasteiger partial charge on any atom is 0.270 e. The molecule has 0 fully saturated rings. The first kappa shape index (κ1) is 15.9. The van der Waals surface area contributed by atoms with Crippen molar-refractivity contribution in [3.8, 4) is 0 Å². The Balaban J connectivity index is 2.46. The number of sulfonamides is 1. The number of rotatable bonds is 5. The number of non-ortho nitro benzene ring substituents is 1. The summed E-state index contributed by atoms with van der Waals surface area (Å²) in [6.45, 7) is 1.96. The topological polar surface area (TPSA) is 97.6 Å². The molecule has 0 N–H and O–H groups in total. The lowest BCUT2D eigenvalue weighted by Crippen LogP contribution is -2.35. The molecule has 1 aliphatic rings. The van der Waals surface area contributed by atoms with Crippen molar-refractivity contribution in [2.24, 2.45) is 5.92 Å². The Labute approximate surface area is 130 Å². The second-order valence-electron chi connectivity index (χ2n) is 4.71. The number of hydrogen-bond acceptors (Lipinski definition) is 5. The fourth-order valence-corrected chi connectivity index (χ4v) is 4.38. The summed E-state index contributed by atoms with van der Waals surface area (Å²) in [5.74, 6) is -0.707. The van der Waals surface area contributed by atoms with E-state index < -0.39 is 20.9 Å². The van der Waals surface area contributed by atoms with Gasteiger partial charge in [0.25, 0.3) is 21.6 Å². The van der Waals surface area contributed by atoms with E-state index in [0.29, 0.717) is 11.8 Å². The number of carbonyl (C=O) groups is 1. The van der Waals surface area contributed by atoms with Gasteiger partial charge in [-0.15, -0.1) is 0 Å². The minimum Gasteiger partial charge on any atom is -0.268 e. The van der Waals surface area contributed by atoms with Crippen LogP contribution in [0.15, 0.2) is 23.1 Å². The Morgan fingerprint density at radius 2 is 2.10 bits per heavy atom. The van der Waals surface area contributed by atoms with Gasteiger partial charge in [-0.2, -0.15) is 0 Å². The quantitative estimate of drug-likeness (QED) is 0.445. The van der Waals surface area contributed by atoms with E-state index in [-0.39, 0.29) is 28.6 Å². The van der Waals surface area contributed by atoms with Crippen LogP contribution >= 0.6 is 15.9 Å². The predicted molar refractivity (Wildman–Crippen MR) is 78.9 cm³/mol. The Morgan fingerprint density at radius 1 is 1.43 bits per heavy atom. The molecule has 0 radical (unpaired) electrons. The second kappa shape index (κ2) is 5.72. The fourth-order valence-electron chi connectivity index (χ4n) is 2.09. The highest BCUT2D eigenvalue weighted by atomic mass is 79.9. The molecule has 21 heavy (non-hydrogen) atoms. The molecule has 0 aliphatic carbocycles. The highest BCUT2D eigenvalue weighted by Gasteiger charge is 2.42. The zero-order valence-electron chi connectivity index (χ0n) is 11.2. The van der Waals surface area contributed by atoms with Gasteiger partial charge in [-0.25, -0.2) is 12.7 Å². The van der Waals surface area contributed by atoms with Gasteiger partial charge in [0.15, 0.2) is 0 Å². The maximum atomic E-state index is 12.4. The van der Waals surface area contributed by atoms with Crippen LogP contribution in [-0.4, -0.2) is 35.4 Å². The minimum absolute atomic E-state index is 0.00646. The first-order valence-corrected chi connectivity index (χ1v) is 8.80. The van der Waals surface area contributed by atoms with Gasteiger partial charge in [0, 0.05) is 24.0 Å². The molecular formula is C12H13BrN2O5S. The molecule has 1 aliphatic heterocycles. The molecule has 0 aromatic heterocycles. The van der Waals surface area contributed by atoms with E-state index >= 15 is 0 Å². The van der Waals surface area contributed by atoms with E-state index in [0.717, 1.165) is 22.5 Å². The molecular weight excluding hydrogens is 364 g/mol. The number of fused-ring (bicyclic) bond motifs is 1. The highest BCUT2D eigenvalue weighted by molar-refractivity contribution is 9.09. The lowest BCUT2D eigenvalue weighted by atomic mass is 10.1. The Morgan fingerprint density at radius 3 is 2.62 bits per heavy atom. The van der Waals surface area contributed by atoms with Crippen LogP contribution < -0.4 is 0 Å². The van der Waals surface area contributed by atoms with Crippen LogP contribution in [0.4, 0.5) is 5.69 Å². The Bertz CT molecular complexity index is 700. The Kier molecular flexibility index (Phi) is 4.33. The number of halogens is 1. The standard InChI is InChI=1S/C12H13BrN2O5S/c1-2-8(6-13)7-14-12(16)10-5-9(15(17)18)3-4-11(10)21(14,19)20/h3-5,8H,2,6-7H2,1H3. The van der Waals surface area contributed by atoms with Gasteiger partial charge in [-0.1, -0.05) is 29.3 Å². The summed E-state index contributed by atoms with van der Waals surface area (Å²) in [5, 5.41) is 11.3. The van der Waals surface area contributed by atoms with E-state index in [4.69, 9.17) is 0 Å². The molecule has 7 nitrogen and oxygen atoms in total. The van der Waals surface area contributed by atoms with Crippen LogP contribution in [0.25, 0.3) is 0 Å². The molecule has 1 atom stereocenters. The molecule has 0 saturated heterocycles. The van der Waals surface area contributed by atoms with Crippen LogP contribution in [0.5, 0.6) is 0 Å². The van der Waals surface area contributed by atoms with E-state index in [1.807, 2.05) is 6.92 Å². The first-order valence-electron chi connectivity index (χ1n) is 6.24. The molecule has 0 bridgehead atoms.